The van der Waals surface area contributed by atoms with Crippen LogP contribution in [0.15, 0.2) is 0 Å². The Morgan fingerprint density at radius 3 is 2.77 bits per heavy atom. The van der Waals surface area contributed by atoms with E-state index in [1.165, 1.54) is 45.4 Å². The van der Waals surface area contributed by atoms with Crippen molar-refractivity contribution in [3.63, 3.8) is 0 Å². The van der Waals surface area contributed by atoms with Crippen molar-refractivity contribution in [3.8, 4) is 0 Å². The van der Waals surface area contributed by atoms with Crippen LogP contribution >= 0.6 is 0 Å². The van der Waals surface area contributed by atoms with E-state index in [0.717, 1.165) is 5.92 Å². The Bertz CT molecular complexity index is 175. The maximum atomic E-state index is 3.51. The van der Waals surface area contributed by atoms with Gasteiger partial charge in [0.2, 0.25) is 0 Å². The van der Waals surface area contributed by atoms with Gasteiger partial charge in [-0.2, -0.15) is 0 Å². The van der Waals surface area contributed by atoms with Gasteiger partial charge in [-0.15, -0.1) is 0 Å². The smallest absolute Gasteiger partial charge is 0.0182 e. The standard InChI is InChI=1S/C11H22N2/c1-10-8-12-6-7-13(9-10)11(2)4-3-5-11/h10,12H,3-9H2,1-2H3. The third-order valence-corrected chi connectivity index (χ3v) is 3.78. The summed E-state index contributed by atoms with van der Waals surface area (Å²) in [5.74, 6) is 0.819. The molecule has 1 N–H and O–H groups in total. The molecule has 0 aromatic heterocycles. The Morgan fingerprint density at radius 2 is 2.15 bits per heavy atom. The molecule has 0 amide bonds. The van der Waals surface area contributed by atoms with E-state index < -0.39 is 0 Å². The first-order chi connectivity index (χ1) is 6.21. The molecule has 13 heavy (non-hydrogen) atoms. The molecule has 0 aromatic carbocycles. The van der Waals surface area contributed by atoms with Gasteiger partial charge >= 0.3 is 0 Å². The quantitative estimate of drug-likeness (QED) is 0.660. The highest BCUT2D eigenvalue weighted by Gasteiger charge is 2.38. The van der Waals surface area contributed by atoms with Gasteiger partial charge in [0.25, 0.3) is 0 Å². The Kier molecular flexibility index (Phi) is 2.61. The first kappa shape index (κ1) is 9.47. The first-order valence-corrected chi connectivity index (χ1v) is 5.66. The molecule has 1 saturated heterocycles. The molecule has 1 unspecified atom stereocenters. The molecule has 2 fully saturated rings. The van der Waals surface area contributed by atoms with E-state index in [9.17, 15) is 0 Å². The number of rotatable bonds is 1. The minimum Gasteiger partial charge on any atom is -0.315 e. The molecule has 1 aliphatic carbocycles. The van der Waals surface area contributed by atoms with Crippen molar-refractivity contribution >= 4 is 0 Å². The second-order valence-electron chi connectivity index (χ2n) is 5.11. The Labute approximate surface area is 81.7 Å². The maximum Gasteiger partial charge on any atom is 0.0182 e. The molecule has 76 valence electrons. The van der Waals surface area contributed by atoms with Gasteiger partial charge in [-0.05, 0) is 38.6 Å². The van der Waals surface area contributed by atoms with Crippen molar-refractivity contribution in [3.05, 3.63) is 0 Å². The number of nitrogens with zero attached hydrogens (tertiary/aromatic N) is 1. The van der Waals surface area contributed by atoms with Crippen LogP contribution in [-0.4, -0.2) is 36.6 Å². The fraction of sp³-hybridized carbons (Fsp3) is 1.00. The second-order valence-corrected chi connectivity index (χ2v) is 5.11. The molecule has 2 nitrogen and oxygen atoms in total. The summed E-state index contributed by atoms with van der Waals surface area (Å²) in [4.78, 5) is 2.71. The van der Waals surface area contributed by atoms with E-state index in [4.69, 9.17) is 0 Å². The number of hydrogen-bond acceptors (Lipinski definition) is 2. The Morgan fingerprint density at radius 1 is 1.38 bits per heavy atom. The summed E-state index contributed by atoms with van der Waals surface area (Å²) < 4.78 is 0. The average Bonchev–Trinajstić information content (AvgIpc) is 2.25. The molecule has 0 aromatic rings. The molecule has 1 saturated carbocycles. The number of nitrogens with one attached hydrogen (secondary N) is 1. The average molecular weight is 182 g/mol. The van der Waals surface area contributed by atoms with Crippen LogP contribution in [0.2, 0.25) is 0 Å². The third-order valence-electron chi connectivity index (χ3n) is 3.78. The molecule has 1 atom stereocenters. The van der Waals surface area contributed by atoms with Crippen LogP contribution in [0, 0.1) is 5.92 Å². The zero-order valence-corrected chi connectivity index (χ0v) is 8.97. The summed E-state index contributed by atoms with van der Waals surface area (Å²) in [6.07, 6.45) is 4.27. The molecular weight excluding hydrogens is 160 g/mol. The highest BCUT2D eigenvalue weighted by atomic mass is 15.2. The third kappa shape index (κ3) is 1.89. The highest BCUT2D eigenvalue weighted by Crippen LogP contribution is 2.37. The van der Waals surface area contributed by atoms with E-state index in [1.807, 2.05) is 0 Å². The van der Waals surface area contributed by atoms with E-state index >= 15 is 0 Å². The molecule has 1 aliphatic heterocycles. The second kappa shape index (κ2) is 3.58. The van der Waals surface area contributed by atoms with Gasteiger partial charge in [0.05, 0.1) is 0 Å². The SMILES string of the molecule is CC1CNCCN(C2(C)CCC2)C1. The van der Waals surface area contributed by atoms with Crippen molar-refractivity contribution < 1.29 is 0 Å². The lowest BCUT2D eigenvalue weighted by Gasteiger charge is -2.48. The first-order valence-electron chi connectivity index (χ1n) is 5.66. The Hall–Kier alpha value is -0.0800. The summed E-state index contributed by atoms with van der Waals surface area (Å²) in [7, 11) is 0. The van der Waals surface area contributed by atoms with Gasteiger partial charge in [-0.1, -0.05) is 6.92 Å². The zero-order chi connectivity index (χ0) is 9.31. The lowest BCUT2D eigenvalue weighted by Crippen LogP contribution is -2.53. The van der Waals surface area contributed by atoms with E-state index in [1.54, 1.807) is 0 Å². The zero-order valence-electron chi connectivity index (χ0n) is 8.97. The summed E-state index contributed by atoms with van der Waals surface area (Å²) in [6.45, 7) is 9.72. The predicted octanol–water partition coefficient (Wildman–Crippen LogP) is 1.47. The lowest BCUT2D eigenvalue weighted by atomic mass is 9.76. The van der Waals surface area contributed by atoms with Crippen LogP contribution in [0.25, 0.3) is 0 Å². The molecular formula is C11H22N2. The molecule has 0 spiro atoms. The van der Waals surface area contributed by atoms with Crippen LogP contribution in [0.5, 0.6) is 0 Å². The van der Waals surface area contributed by atoms with Gasteiger partial charge in [0.15, 0.2) is 0 Å². The van der Waals surface area contributed by atoms with Crippen LogP contribution in [0.4, 0.5) is 0 Å². The molecule has 2 rings (SSSR count). The normalized spacial score (nSPS) is 35.1. The molecule has 0 radical (unpaired) electrons. The maximum absolute atomic E-state index is 3.51. The van der Waals surface area contributed by atoms with Crippen LogP contribution in [-0.2, 0) is 0 Å². The van der Waals surface area contributed by atoms with Crippen molar-refractivity contribution in [2.75, 3.05) is 26.2 Å². The molecule has 2 aliphatic rings. The van der Waals surface area contributed by atoms with Gasteiger partial charge in [-0.3, -0.25) is 4.90 Å². The number of hydrogen-bond donors (Lipinski definition) is 1. The monoisotopic (exact) mass is 182 g/mol. The topological polar surface area (TPSA) is 15.3 Å². The van der Waals surface area contributed by atoms with Crippen molar-refractivity contribution in [2.45, 2.75) is 38.6 Å². The van der Waals surface area contributed by atoms with Gasteiger partial charge < -0.3 is 5.32 Å². The fourth-order valence-electron chi connectivity index (χ4n) is 2.59. The fourth-order valence-corrected chi connectivity index (χ4v) is 2.59. The van der Waals surface area contributed by atoms with Gasteiger partial charge in [-0.25, -0.2) is 0 Å². The molecule has 0 bridgehead atoms. The van der Waals surface area contributed by atoms with Crippen molar-refractivity contribution in [1.82, 2.24) is 10.2 Å². The lowest BCUT2D eigenvalue weighted by molar-refractivity contribution is 0.0300. The Balaban J connectivity index is 1.96. The van der Waals surface area contributed by atoms with Gasteiger partial charge in [0.1, 0.15) is 0 Å². The van der Waals surface area contributed by atoms with Crippen LogP contribution in [0.3, 0.4) is 0 Å². The molecule has 1 heterocycles. The molecule has 2 heteroatoms. The summed E-state index contributed by atoms with van der Waals surface area (Å²) >= 11 is 0. The largest absolute Gasteiger partial charge is 0.315 e. The van der Waals surface area contributed by atoms with E-state index in [0.29, 0.717) is 5.54 Å². The predicted molar refractivity (Wildman–Crippen MR) is 55.9 cm³/mol. The highest BCUT2D eigenvalue weighted by molar-refractivity contribution is 4.95. The van der Waals surface area contributed by atoms with E-state index in [2.05, 4.69) is 24.1 Å². The van der Waals surface area contributed by atoms with E-state index in [-0.39, 0.29) is 0 Å². The van der Waals surface area contributed by atoms with Crippen LogP contribution < -0.4 is 5.32 Å². The minimum absolute atomic E-state index is 0.556. The van der Waals surface area contributed by atoms with Crippen molar-refractivity contribution in [1.29, 1.82) is 0 Å². The summed E-state index contributed by atoms with van der Waals surface area (Å²) in [6, 6.07) is 0. The van der Waals surface area contributed by atoms with Crippen molar-refractivity contribution in [2.24, 2.45) is 5.92 Å². The van der Waals surface area contributed by atoms with Gasteiger partial charge in [0, 0.05) is 25.2 Å². The summed E-state index contributed by atoms with van der Waals surface area (Å²) in [5, 5.41) is 3.51. The minimum atomic E-state index is 0.556. The summed E-state index contributed by atoms with van der Waals surface area (Å²) in [5.41, 5.74) is 0.556. The van der Waals surface area contributed by atoms with Crippen LogP contribution in [0.1, 0.15) is 33.1 Å².